The molecule has 1 heterocycles. The summed E-state index contributed by atoms with van der Waals surface area (Å²) in [5.41, 5.74) is 2.22. The molecule has 2 aromatic rings. The normalized spacial score (nSPS) is 20.0. The molecular formula is C27H33FN4O4S2. The second-order valence-electron chi connectivity index (χ2n) is 9.51. The van der Waals surface area contributed by atoms with Crippen LogP contribution in [0.4, 0.5) is 15.8 Å². The van der Waals surface area contributed by atoms with E-state index in [-0.39, 0.29) is 36.7 Å². The Morgan fingerprint density at radius 1 is 1.16 bits per heavy atom. The van der Waals surface area contributed by atoms with E-state index in [1.54, 1.807) is 29.4 Å². The van der Waals surface area contributed by atoms with Gasteiger partial charge in [-0.2, -0.15) is 0 Å². The summed E-state index contributed by atoms with van der Waals surface area (Å²) >= 11 is 1.34. The third-order valence-electron chi connectivity index (χ3n) is 6.79. The highest BCUT2D eigenvalue weighted by atomic mass is 32.2. The monoisotopic (exact) mass is 560 g/mol. The predicted octanol–water partition coefficient (Wildman–Crippen LogP) is 5.10. The van der Waals surface area contributed by atoms with Crippen molar-refractivity contribution in [3.8, 4) is 0 Å². The van der Waals surface area contributed by atoms with Gasteiger partial charge in [-0.1, -0.05) is 37.8 Å². The van der Waals surface area contributed by atoms with Gasteiger partial charge in [0.1, 0.15) is 22.6 Å². The molecule has 1 saturated carbocycles. The zero-order chi connectivity index (χ0) is 27.1. The molecule has 2 aliphatic rings. The van der Waals surface area contributed by atoms with Gasteiger partial charge in [0.2, 0.25) is 5.91 Å². The van der Waals surface area contributed by atoms with Crippen LogP contribution >= 0.6 is 11.9 Å². The molecule has 0 aromatic heterocycles. The van der Waals surface area contributed by atoms with E-state index in [0.29, 0.717) is 24.4 Å². The van der Waals surface area contributed by atoms with E-state index in [1.807, 2.05) is 12.1 Å². The minimum atomic E-state index is -1.19. The number of amidine groups is 1. The van der Waals surface area contributed by atoms with Gasteiger partial charge in [-0.05, 0) is 60.7 Å². The minimum absolute atomic E-state index is 0.0248. The zero-order valence-electron chi connectivity index (χ0n) is 21.6. The van der Waals surface area contributed by atoms with Gasteiger partial charge in [0, 0.05) is 24.5 Å². The molecule has 2 aromatic carbocycles. The van der Waals surface area contributed by atoms with Crippen LogP contribution in [0.25, 0.3) is 0 Å². The summed E-state index contributed by atoms with van der Waals surface area (Å²) < 4.78 is 36.2. The lowest BCUT2D eigenvalue weighted by Gasteiger charge is -2.37. The Bertz CT molecular complexity index is 1210. The highest BCUT2D eigenvalue weighted by molar-refractivity contribution is 7.98. The molecule has 204 valence electrons. The maximum Gasteiger partial charge on any atom is 0.310 e. The smallest absolute Gasteiger partial charge is 0.310 e. The van der Waals surface area contributed by atoms with Gasteiger partial charge < -0.3 is 19.1 Å². The van der Waals surface area contributed by atoms with Crippen LogP contribution in [-0.4, -0.2) is 46.2 Å². The quantitative estimate of drug-likeness (QED) is 0.344. The number of aliphatic imine (C=N–C) groups is 1. The van der Waals surface area contributed by atoms with Crippen LogP contribution in [0.15, 0.2) is 52.4 Å². The number of hydrogen-bond donors (Lipinski definition) is 2. The molecule has 1 amide bonds. The Morgan fingerprint density at radius 2 is 1.89 bits per heavy atom. The average Bonchev–Trinajstić information content (AvgIpc) is 2.88. The van der Waals surface area contributed by atoms with Crippen molar-refractivity contribution in [1.29, 1.82) is 0 Å². The van der Waals surface area contributed by atoms with Crippen molar-refractivity contribution in [2.24, 2.45) is 10.9 Å². The first-order chi connectivity index (χ1) is 18.3. The van der Waals surface area contributed by atoms with E-state index >= 15 is 0 Å². The second-order valence-corrected chi connectivity index (χ2v) is 11.5. The molecule has 1 aliphatic carbocycles. The molecule has 3 unspecified atom stereocenters. The van der Waals surface area contributed by atoms with Gasteiger partial charge in [0.15, 0.2) is 0 Å². The van der Waals surface area contributed by atoms with Gasteiger partial charge in [0.25, 0.3) is 0 Å². The summed E-state index contributed by atoms with van der Waals surface area (Å²) in [6.07, 6.45) is 6.85. The number of ether oxygens (including phenoxy) is 1. The molecule has 1 aliphatic heterocycles. The Morgan fingerprint density at radius 3 is 2.61 bits per heavy atom. The van der Waals surface area contributed by atoms with E-state index < -0.39 is 16.9 Å². The van der Waals surface area contributed by atoms with Gasteiger partial charge in [-0.15, -0.1) is 0 Å². The molecule has 0 bridgehead atoms. The number of esters is 1. The third-order valence-corrected chi connectivity index (χ3v) is 8.20. The lowest BCUT2D eigenvalue weighted by molar-refractivity contribution is -0.151. The number of fused-ring (bicyclic) bond motifs is 1. The fourth-order valence-corrected chi connectivity index (χ4v) is 6.17. The van der Waals surface area contributed by atoms with Crippen LogP contribution in [-0.2, 0) is 31.9 Å². The number of carbonyl (C=O) groups is 2. The van der Waals surface area contributed by atoms with Crippen molar-refractivity contribution >= 4 is 52.0 Å². The van der Waals surface area contributed by atoms with Gasteiger partial charge in [-0.3, -0.25) is 9.59 Å². The van der Waals surface area contributed by atoms with Crippen LogP contribution in [0.3, 0.4) is 0 Å². The van der Waals surface area contributed by atoms with Crippen LogP contribution in [0.2, 0.25) is 0 Å². The van der Waals surface area contributed by atoms with E-state index in [0.717, 1.165) is 41.8 Å². The van der Waals surface area contributed by atoms with E-state index in [2.05, 4.69) is 14.4 Å². The Labute approximate surface area is 229 Å². The number of nitrogens with one attached hydrogen (secondary N) is 2. The number of benzene rings is 2. The van der Waals surface area contributed by atoms with Crippen LogP contribution in [0.5, 0.6) is 0 Å². The number of methoxy groups -OCH3 is 1. The van der Waals surface area contributed by atoms with Crippen molar-refractivity contribution in [2.75, 3.05) is 18.1 Å². The molecular weight excluding hydrogens is 527 g/mol. The Kier molecular flexibility index (Phi) is 9.79. The Hall–Kier alpha value is -2.92. The molecule has 8 nitrogen and oxygen atoms in total. The number of halogens is 1. The summed E-state index contributed by atoms with van der Waals surface area (Å²) in [7, 11) is 0.200. The van der Waals surface area contributed by atoms with Crippen molar-refractivity contribution in [3.63, 3.8) is 0 Å². The average molecular weight is 561 g/mol. The van der Waals surface area contributed by atoms with Gasteiger partial charge >= 0.3 is 5.97 Å². The van der Waals surface area contributed by atoms with Crippen molar-refractivity contribution in [3.05, 3.63) is 53.8 Å². The molecule has 4 rings (SSSR count). The largest absolute Gasteiger partial charge is 0.469 e. The fraction of sp³-hybridized carbons (Fsp3) is 0.444. The van der Waals surface area contributed by atoms with E-state index in [9.17, 15) is 18.2 Å². The third kappa shape index (κ3) is 7.35. The summed E-state index contributed by atoms with van der Waals surface area (Å²) in [4.78, 5) is 33.9. The summed E-state index contributed by atoms with van der Waals surface area (Å²) in [6, 6.07) is 11.2. The van der Waals surface area contributed by atoms with Gasteiger partial charge in [0.05, 0.1) is 30.0 Å². The minimum Gasteiger partial charge on any atom is -0.469 e. The van der Waals surface area contributed by atoms with Crippen molar-refractivity contribution in [1.82, 2.24) is 9.62 Å². The van der Waals surface area contributed by atoms with Crippen molar-refractivity contribution < 1.29 is 22.9 Å². The maximum absolute atomic E-state index is 13.8. The van der Waals surface area contributed by atoms with Crippen LogP contribution in [0.1, 0.15) is 50.5 Å². The molecule has 38 heavy (non-hydrogen) atoms. The highest BCUT2D eigenvalue weighted by Gasteiger charge is 2.36. The maximum atomic E-state index is 13.8. The number of anilines is 1. The SMILES string of the molecule is COC(=O)C1CCCCCCC1N(Cc1ccc(F)cc1)C(=O)CC1=Nc2ccc(NS(C)=O)cc2SN1. The predicted molar refractivity (Wildman–Crippen MR) is 149 cm³/mol. The molecule has 0 radical (unpaired) electrons. The molecule has 0 spiro atoms. The van der Waals surface area contributed by atoms with Crippen LogP contribution < -0.4 is 9.44 Å². The number of carbonyl (C=O) groups excluding carboxylic acids is 2. The van der Waals surface area contributed by atoms with Crippen LogP contribution in [0, 0.1) is 11.7 Å². The number of hydrogen-bond acceptors (Lipinski definition) is 7. The molecule has 0 saturated heterocycles. The zero-order valence-corrected chi connectivity index (χ0v) is 23.2. The number of amides is 1. The topological polar surface area (TPSA) is 100 Å². The van der Waals surface area contributed by atoms with E-state index in [4.69, 9.17) is 4.74 Å². The molecule has 3 atom stereocenters. The number of nitrogens with zero attached hydrogens (tertiary/aromatic N) is 2. The first kappa shape index (κ1) is 28.1. The molecule has 2 N–H and O–H groups in total. The number of rotatable bonds is 8. The van der Waals surface area contributed by atoms with E-state index in [1.165, 1.54) is 31.2 Å². The first-order valence-corrected chi connectivity index (χ1v) is 15.1. The first-order valence-electron chi connectivity index (χ1n) is 12.7. The fourth-order valence-electron chi connectivity index (χ4n) is 4.96. The summed E-state index contributed by atoms with van der Waals surface area (Å²) in [5, 5.41) is 0. The standard InChI is InChI=1S/C27H33FN4O4S2/c1-36-27(34)21-7-5-3-4-6-8-23(21)32(17-18-9-11-19(28)12-10-18)26(33)16-25-29-22-14-13-20(31-38(2)35)15-24(22)37-30-25/h9-15,21,23,31H,3-8,16-17H2,1-2H3,(H,29,30). The molecule has 1 fully saturated rings. The van der Waals surface area contributed by atoms with Gasteiger partial charge in [-0.25, -0.2) is 13.6 Å². The molecule has 11 heteroatoms. The van der Waals surface area contributed by atoms with Crippen molar-refractivity contribution in [2.45, 2.75) is 62.4 Å². The summed E-state index contributed by atoms with van der Waals surface area (Å²) in [6.45, 7) is 0.261. The lowest BCUT2D eigenvalue weighted by atomic mass is 9.85. The Balaban J connectivity index is 1.59. The second kappa shape index (κ2) is 13.2. The lowest BCUT2D eigenvalue weighted by Crippen LogP contribution is -2.48. The summed E-state index contributed by atoms with van der Waals surface area (Å²) in [5.74, 6) is -0.717. The highest BCUT2D eigenvalue weighted by Crippen LogP contribution is 2.35.